The lowest BCUT2D eigenvalue weighted by Crippen LogP contribution is -2.01. The molecule has 2 rings (SSSR count). The van der Waals surface area contributed by atoms with Crippen LogP contribution in [0.5, 0.6) is 11.6 Å². The van der Waals surface area contributed by atoms with E-state index >= 15 is 0 Å². The van der Waals surface area contributed by atoms with Crippen LogP contribution in [0.25, 0.3) is 0 Å². The van der Waals surface area contributed by atoms with Crippen molar-refractivity contribution in [2.24, 2.45) is 0 Å². The van der Waals surface area contributed by atoms with Gasteiger partial charge in [-0.25, -0.2) is 4.98 Å². The first-order valence-corrected chi connectivity index (χ1v) is 5.97. The summed E-state index contributed by atoms with van der Waals surface area (Å²) in [6, 6.07) is 7.57. The second-order valence-corrected chi connectivity index (χ2v) is 4.20. The van der Waals surface area contributed by atoms with Crippen molar-refractivity contribution < 1.29 is 4.74 Å². The fourth-order valence-corrected chi connectivity index (χ4v) is 1.65. The zero-order valence-corrected chi connectivity index (χ0v) is 10.9. The van der Waals surface area contributed by atoms with Crippen LogP contribution in [0.15, 0.2) is 24.3 Å². The number of anilines is 1. The Morgan fingerprint density at radius 2 is 2.00 bits per heavy atom. The maximum Gasteiger partial charge on any atom is 0.224 e. The molecule has 1 aromatic carbocycles. The van der Waals surface area contributed by atoms with E-state index in [4.69, 9.17) is 10.5 Å². The van der Waals surface area contributed by atoms with E-state index in [-0.39, 0.29) is 0 Å². The molecule has 1 heterocycles. The average molecular weight is 243 g/mol. The Labute approximate surface area is 107 Å². The maximum absolute atomic E-state index is 5.78. The van der Waals surface area contributed by atoms with Crippen molar-refractivity contribution in [1.82, 2.24) is 9.97 Å². The molecular formula is C14H17N3O. The highest BCUT2D eigenvalue weighted by molar-refractivity contribution is 5.42. The van der Waals surface area contributed by atoms with E-state index in [9.17, 15) is 0 Å². The van der Waals surface area contributed by atoms with Gasteiger partial charge in [0.25, 0.3) is 0 Å². The molecule has 4 nitrogen and oxygen atoms in total. The Kier molecular flexibility index (Phi) is 3.46. The number of aromatic nitrogens is 2. The smallest absolute Gasteiger partial charge is 0.224 e. The minimum absolute atomic E-state index is 0.433. The van der Waals surface area contributed by atoms with Crippen LogP contribution in [0.2, 0.25) is 0 Å². The summed E-state index contributed by atoms with van der Waals surface area (Å²) in [6.45, 7) is 6.06. The molecule has 0 spiro atoms. The fourth-order valence-electron chi connectivity index (χ4n) is 1.65. The highest BCUT2D eigenvalue weighted by Crippen LogP contribution is 2.26. The van der Waals surface area contributed by atoms with E-state index in [0.29, 0.717) is 17.5 Å². The van der Waals surface area contributed by atoms with E-state index in [1.165, 1.54) is 5.56 Å². The molecular weight excluding hydrogens is 226 g/mol. The molecule has 0 unspecified atom stereocenters. The molecule has 0 radical (unpaired) electrons. The van der Waals surface area contributed by atoms with Crippen LogP contribution < -0.4 is 10.5 Å². The van der Waals surface area contributed by atoms with Gasteiger partial charge < -0.3 is 10.5 Å². The molecule has 1 aromatic heterocycles. The number of hydrogen-bond donors (Lipinski definition) is 1. The number of aryl methyl sites for hydroxylation is 2. The van der Waals surface area contributed by atoms with Gasteiger partial charge in [-0.15, -0.1) is 0 Å². The molecule has 2 aromatic rings. The third kappa shape index (κ3) is 2.59. The first-order valence-electron chi connectivity index (χ1n) is 5.97. The monoisotopic (exact) mass is 243 g/mol. The molecule has 0 aliphatic carbocycles. The van der Waals surface area contributed by atoms with Gasteiger partial charge in [0.05, 0.1) is 0 Å². The number of rotatable bonds is 3. The normalized spacial score (nSPS) is 10.4. The minimum atomic E-state index is 0.433. The fraction of sp³-hybridized carbons (Fsp3) is 0.286. The van der Waals surface area contributed by atoms with Gasteiger partial charge in [0.1, 0.15) is 17.4 Å². The lowest BCUT2D eigenvalue weighted by atomic mass is 10.1. The van der Waals surface area contributed by atoms with E-state index in [1.54, 1.807) is 6.07 Å². The summed E-state index contributed by atoms with van der Waals surface area (Å²) < 4.78 is 5.78. The van der Waals surface area contributed by atoms with Gasteiger partial charge in [-0.3, -0.25) is 0 Å². The molecule has 94 valence electrons. The highest BCUT2D eigenvalue weighted by atomic mass is 16.5. The molecule has 2 N–H and O–H groups in total. The molecule has 4 heteroatoms. The average Bonchev–Trinajstić information content (AvgIpc) is 2.34. The number of benzene rings is 1. The number of nitrogen functional groups attached to an aromatic ring is 1. The van der Waals surface area contributed by atoms with Gasteiger partial charge in [-0.05, 0) is 31.0 Å². The van der Waals surface area contributed by atoms with Crippen molar-refractivity contribution in [1.29, 1.82) is 0 Å². The molecule has 0 fully saturated rings. The van der Waals surface area contributed by atoms with Gasteiger partial charge in [0, 0.05) is 12.5 Å². The molecule has 0 aliphatic rings. The Balaban J connectivity index is 2.34. The lowest BCUT2D eigenvalue weighted by Gasteiger charge is -2.10. The Morgan fingerprint density at radius 3 is 2.72 bits per heavy atom. The Bertz CT molecular complexity index is 567. The summed E-state index contributed by atoms with van der Waals surface area (Å²) in [5.74, 6) is 2.42. The van der Waals surface area contributed by atoms with Crippen LogP contribution in [0.4, 0.5) is 5.82 Å². The summed E-state index contributed by atoms with van der Waals surface area (Å²) in [5.41, 5.74) is 8.02. The molecule has 0 saturated heterocycles. The molecule has 18 heavy (non-hydrogen) atoms. The summed E-state index contributed by atoms with van der Waals surface area (Å²) in [5, 5.41) is 0. The van der Waals surface area contributed by atoms with Crippen molar-refractivity contribution in [2.75, 3.05) is 5.73 Å². The molecule has 0 atom stereocenters. The molecule has 0 saturated carbocycles. The predicted octanol–water partition coefficient (Wildman–Crippen LogP) is 3.03. The summed E-state index contributed by atoms with van der Waals surface area (Å²) >= 11 is 0. The highest BCUT2D eigenvalue weighted by Gasteiger charge is 2.06. The quantitative estimate of drug-likeness (QED) is 0.900. The zero-order valence-electron chi connectivity index (χ0n) is 10.9. The van der Waals surface area contributed by atoms with E-state index < -0.39 is 0 Å². The van der Waals surface area contributed by atoms with Crippen LogP contribution >= 0.6 is 0 Å². The topological polar surface area (TPSA) is 61.0 Å². The van der Waals surface area contributed by atoms with Crippen LogP contribution in [-0.2, 0) is 6.42 Å². The SMILES string of the molecule is CCc1nc(N)cc(Oc2cccc(C)c2C)n1. The minimum Gasteiger partial charge on any atom is -0.439 e. The predicted molar refractivity (Wildman–Crippen MR) is 71.8 cm³/mol. The lowest BCUT2D eigenvalue weighted by molar-refractivity contribution is 0.455. The third-order valence-electron chi connectivity index (χ3n) is 2.85. The van der Waals surface area contributed by atoms with E-state index in [2.05, 4.69) is 9.97 Å². The molecule has 0 amide bonds. The van der Waals surface area contributed by atoms with Gasteiger partial charge in [0.15, 0.2) is 0 Å². The van der Waals surface area contributed by atoms with Crippen LogP contribution in [0.3, 0.4) is 0 Å². The van der Waals surface area contributed by atoms with Crippen molar-refractivity contribution in [2.45, 2.75) is 27.2 Å². The van der Waals surface area contributed by atoms with Crippen LogP contribution in [0, 0.1) is 13.8 Å². The molecule has 0 bridgehead atoms. The first kappa shape index (κ1) is 12.4. The van der Waals surface area contributed by atoms with Gasteiger partial charge in [-0.1, -0.05) is 19.1 Å². The first-order chi connectivity index (χ1) is 8.60. The number of ether oxygens (including phenoxy) is 1. The Morgan fingerprint density at radius 1 is 1.22 bits per heavy atom. The maximum atomic E-state index is 5.78. The standard InChI is InChI=1S/C14H17N3O/c1-4-13-16-12(15)8-14(17-13)18-11-7-5-6-9(2)10(11)3/h5-8H,4H2,1-3H3,(H2,15,16,17). The second kappa shape index (κ2) is 5.04. The van der Waals surface area contributed by atoms with Crippen LogP contribution in [-0.4, -0.2) is 9.97 Å². The van der Waals surface area contributed by atoms with Gasteiger partial charge in [0.2, 0.25) is 5.88 Å². The van der Waals surface area contributed by atoms with Crippen LogP contribution in [0.1, 0.15) is 23.9 Å². The van der Waals surface area contributed by atoms with Gasteiger partial charge >= 0.3 is 0 Å². The number of nitrogens with zero attached hydrogens (tertiary/aromatic N) is 2. The Hall–Kier alpha value is -2.10. The van der Waals surface area contributed by atoms with Crippen molar-refractivity contribution in [3.8, 4) is 11.6 Å². The number of nitrogens with two attached hydrogens (primary N) is 1. The second-order valence-electron chi connectivity index (χ2n) is 4.20. The van der Waals surface area contributed by atoms with E-state index in [1.807, 2.05) is 39.0 Å². The number of hydrogen-bond acceptors (Lipinski definition) is 4. The van der Waals surface area contributed by atoms with Crippen molar-refractivity contribution >= 4 is 5.82 Å². The largest absolute Gasteiger partial charge is 0.439 e. The van der Waals surface area contributed by atoms with E-state index in [0.717, 1.165) is 17.7 Å². The summed E-state index contributed by atoms with van der Waals surface area (Å²) in [4.78, 5) is 8.43. The third-order valence-corrected chi connectivity index (χ3v) is 2.85. The zero-order chi connectivity index (χ0) is 13.1. The summed E-state index contributed by atoms with van der Waals surface area (Å²) in [7, 11) is 0. The van der Waals surface area contributed by atoms with Gasteiger partial charge in [-0.2, -0.15) is 4.98 Å². The van der Waals surface area contributed by atoms with Crippen molar-refractivity contribution in [3.05, 3.63) is 41.2 Å². The van der Waals surface area contributed by atoms with Crippen molar-refractivity contribution in [3.63, 3.8) is 0 Å². The summed E-state index contributed by atoms with van der Waals surface area (Å²) in [6.07, 6.45) is 0.730. The molecule has 0 aliphatic heterocycles.